The van der Waals surface area contributed by atoms with E-state index in [1.165, 1.54) is 0 Å². The number of carbonyl (C=O) groups is 1. The van der Waals surface area contributed by atoms with E-state index in [2.05, 4.69) is 21.2 Å². The summed E-state index contributed by atoms with van der Waals surface area (Å²) < 4.78 is 6.26. The minimum absolute atomic E-state index is 0.00240. The van der Waals surface area contributed by atoms with E-state index in [1.54, 1.807) is 0 Å². The molecule has 0 saturated carbocycles. The van der Waals surface area contributed by atoms with Crippen molar-refractivity contribution in [3.63, 3.8) is 0 Å². The van der Waals surface area contributed by atoms with Crippen LogP contribution in [-0.4, -0.2) is 11.4 Å². The molecular formula is C15H18BrNO2. The number of hydrogen-bond donors (Lipinski definition) is 1. The zero-order chi connectivity index (χ0) is 14.2. The molecule has 0 aliphatic rings. The van der Waals surface area contributed by atoms with Crippen molar-refractivity contribution >= 4 is 32.8 Å². The van der Waals surface area contributed by atoms with Crippen molar-refractivity contribution in [1.82, 2.24) is 5.32 Å². The molecular weight excluding hydrogens is 306 g/mol. The van der Waals surface area contributed by atoms with Crippen molar-refractivity contribution in [3.8, 4) is 0 Å². The molecule has 1 amide bonds. The van der Waals surface area contributed by atoms with E-state index in [1.807, 2.05) is 45.9 Å². The van der Waals surface area contributed by atoms with E-state index in [0.717, 1.165) is 22.1 Å². The Labute approximate surface area is 121 Å². The number of aryl methyl sites for hydroxylation is 1. The summed E-state index contributed by atoms with van der Waals surface area (Å²) in [4.78, 5) is 12.0. The van der Waals surface area contributed by atoms with Gasteiger partial charge in [-0.3, -0.25) is 4.79 Å². The van der Waals surface area contributed by atoms with Crippen molar-refractivity contribution in [2.24, 2.45) is 0 Å². The third-order valence-corrected chi connectivity index (χ3v) is 3.39. The summed E-state index contributed by atoms with van der Waals surface area (Å²) in [5.74, 6) is -0.00240. The number of nitrogens with one attached hydrogen (secondary N) is 1. The second kappa shape index (κ2) is 5.00. The summed E-state index contributed by atoms with van der Waals surface area (Å²) in [6.07, 6.45) is 0.314. The zero-order valence-electron chi connectivity index (χ0n) is 11.6. The molecule has 102 valence electrons. The SMILES string of the molecule is Cc1ccc2oc(Br)c(CC(=O)NC(C)(C)C)c2c1. The highest BCUT2D eigenvalue weighted by Crippen LogP contribution is 2.31. The summed E-state index contributed by atoms with van der Waals surface area (Å²) >= 11 is 3.40. The van der Waals surface area contributed by atoms with Gasteiger partial charge in [0.25, 0.3) is 0 Å². The standard InChI is InChI=1S/C15H18BrNO2/c1-9-5-6-12-10(7-9)11(14(16)19-12)8-13(18)17-15(2,3)4/h5-7H,8H2,1-4H3,(H,17,18). The Balaban J connectivity index is 2.32. The average molecular weight is 324 g/mol. The maximum atomic E-state index is 12.0. The van der Waals surface area contributed by atoms with E-state index in [0.29, 0.717) is 11.1 Å². The highest BCUT2D eigenvalue weighted by molar-refractivity contribution is 9.10. The molecule has 1 aromatic heterocycles. The number of halogens is 1. The third-order valence-electron chi connectivity index (χ3n) is 2.75. The summed E-state index contributed by atoms with van der Waals surface area (Å²) in [5, 5.41) is 3.96. The van der Waals surface area contributed by atoms with Crippen LogP contribution in [-0.2, 0) is 11.2 Å². The van der Waals surface area contributed by atoms with Gasteiger partial charge in [0, 0.05) is 16.5 Å². The maximum Gasteiger partial charge on any atom is 0.225 e. The highest BCUT2D eigenvalue weighted by atomic mass is 79.9. The van der Waals surface area contributed by atoms with Gasteiger partial charge in [0.15, 0.2) is 4.67 Å². The van der Waals surface area contributed by atoms with Gasteiger partial charge in [-0.1, -0.05) is 11.6 Å². The first-order valence-corrected chi connectivity index (χ1v) is 7.04. The zero-order valence-corrected chi connectivity index (χ0v) is 13.2. The van der Waals surface area contributed by atoms with Crippen LogP contribution >= 0.6 is 15.9 Å². The van der Waals surface area contributed by atoms with Gasteiger partial charge < -0.3 is 9.73 Å². The fourth-order valence-corrected chi connectivity index (χ4v) is 2.55. The van der Waals surface area contributed by atoms with Gasteiger partial charge in [-0.15, -0.1) is 0 Å². The van der Waals surface area contributed by atoms with E-state index in [4.69, 9.17) is 4.42 Å². The lowest BCUT2D eigenvalue weighted by Crippen LogP contribution is -2.41. The lowest BCUT2D eigenvalue weighted by atomic mass is 10.1. The molecule has 0 saturated heterocycles. The van der Waals surface area contributed by atoms with E-state index in [9.17, 15) is 4.79 Å². The largest absolute Gasteiger partial charge is 0.449 e. The lowest BCUT2D eigenvalue weighted by molar-refractivity contribution is -0.121. The predicted octanol–water partition coefficient (Wildman–Crippen LogP) is 3.96. The van der Waals surface area contributed by atoms with Crippen LogP contribution in [0.3, 0.4) is 0 Å². The monoisotopic (exact) mass is 323 g/mol. The number of furan rings is 1. The summed E-state index contributed by atoms with van der Waals surface area (Å²) in [6.45, 7) is 7.94. The number of carbonyl (C=O) groups excluding carboxylic acids is 1. The predicted molar refractivity (Wildman–Crippen MR) is 80.3 cm³/mol. The van der Waals surface area contributed by atoms with Gasteiger partial charge in [-0.05, 0) is 55.8 Å². The molecule has 0 radical (unpaired) electrons. The Hall–Kier alpha value is -1.29. The van der Waals surface area contributed by atoms with Crippen molar-refractivity contribution in [2.75, 3.05) is 0 Å². The fraction of sp³-hybridized carbons (Fsp3) is 0.400. The molecule has 0 spiro atoms. The molecule has 0 atom stereocenters. The van der Waals surface area contributed by atoms with E-state index in [-0.39, 0.29) is 11.4 Å². The van der Waals surface area contributed by atoms with Crippen LogP contribution in [0.1, 0.15) is 31.9 Å². The first kappa shape index (κ1) is 14.1. The summed E-state index contributed by atoms with van der Waals surface area (Å²) in [5.41, 5.74) is 2.63. The molecule has 1 aromatic carbocycles. The molecule has 0 fully saturated rings. The molecule has 1 heterocycles. The Morgan fingerprint density at radius 3 is 2.68 bits per heavy atom. The van der Waals surface area contributed by atoms with E-state index >= 15 is 0 Å². The normalized spacial score (nSPS) is 11.8. The first-order chi connectivity index (χ1) is 8.76. The maximum absolute atomic E-state index is 12.0. The quantitative estimate of drug-likeness (QED) is 0.908. The lowest BCUT2D eigenvalue weighted by Gasteiger charge is -2.20. The van der Waals surface area contributed by atoms with Crippen molar-refractivity contribution < 1.29 is 9.21 Å². The van der Waals surface area contributed by atoms with Crippen LogP contribution in [0.4, 0.5) is 0 Å². The second-order valence-corrected chi connectivity index (χ2v) is 6.55. The fourth-order valence-electron chi connectivity index (χ4n) is 2.02. The minimum Gasteiger partial charge on any atom is -0.449 e. The average Bonchev–Trinajstić information content (AvgIpc) is 2.53. The molecule has 2 rings (SSSR count). The molecule has 0 bridgehead atoms. The Kier molecular flexibility index (Phi) is 3.72. The van der Waals surface area contributed by atoms with Crippen LogP contribution in [0.15, 0.2) is 27.3 Å². The van der Waals surface area contributed by atoms with Crippen LogP contribution < -0.4 is 5.32 Å². The smallest absolute Gasteiger partial charge is 0.225 e. The molecule has 3 nitrogen and oxygen atoms in total. The van der Waals surface area contributed by atoms with Gasteiger partial charge in [0.05, 0.1) is 6.42 Å². The van der Waals surface area contributed by atoms with Gasteiger partial charge in [0.1, 0.15) is 5.58 Å². The van der Waals surface area contributed by atoms with Gasteiger partial charge in [-0.2, -0.15) is 0 Å². The number of benzene rings is 1. The van der Waals surface area contributed by atoms with Gasteiger partial charge in [0.2, 0.25) is 5.91 Å². The van der Waals surface area contributed by atoms with E-state index < -0.39 is 0 Å². The molecule has 1 N–H and O–H groups in total. The Morgan fingerprint density at radius 2 is 2.05 bits per heavy atom. The first-order valence-electron chi connectivity index (χ1n) is 6.25. The molecule has 4 heteroatoms. The van der Waals surface area contributed by atoms with Gasteiger partial charge >= 0.3 is 0 Å². The Morgan fingerprint density at radius 1 is 1.37 bits per heavy atom. The van der Waals surface area contributed by atoms with Crippen LogP contribution in [0.25, 0.3) is 11.0 Å². The molecule has 19 heavy (non-hydrogen) atoms. The summed E-state index contributed by atoms with van der Waals surface area (Å²) in [6, 6.07) is 5.97. The van der Waals surface area contributed by atoms with Crippen LogP contribution in [0, 0.1) is 6.92 Å². The number of rotatable bonds is 2. The third kappa shape index (κ3) is 3.38. The second-order valence-electron chi connectivity index (χ2n) is 5.83. The van der Waals surface area contributed by atoms with Crippen molar-refractivity contribution in [1.29, 1.82) is 0 Å². The van der Waals surface area contributed by atoms with Gasteiger partial charge in [-0.25, -0.2) is 0 Å². The molecule has 0 unspecified atom stereocenters. The van der Waals surface area contributed by atoms with Crippen LogP contribution in [0.5, 0.6) is 0 Å². The number of fused-ring (bicyclic) bond motifs is 1. The number of hydrogen-bond acceptors (Lipinski definition) is 2. The molecule has 0 aliphatic carbocycles. The number of amides is 1. The summed E-state index contributed by atoms with van der Waals surface area (Å²) in [7, 11) is 0. The van der Waals surface area contributed by atoms with Crippen molar-refractivity contribution in [3.05, 3.63) is 34.0 Å². The molecule has 2 aromatic rings. The van der Waals surface area contributed by atoms with Crippen molar-refractivity contribution in [2.45, 2.75) is 39.7 Å². The Bertz CT molecular complexity index is 623. The highest BCUT2D eigenvalue weighted by Gasteiger charge is 2.19. The minimum atomic E-state index is -0.223. The molecule has 0 aliphatic heterocycles. The topological polar surface area (TPSA) is 42.2 Å². The van der Waals surface area contributed by atoms with Crippen LogP contribution in [0.2, 0.25) is 0 Å².